The minimum absolute atomic E-state index is 0.201. The van der Waals surface area contributed by atoms with Crippen molar-refractivity contribution in [1.82, 2.24) is 4.31 Å². The quantitative estimate of drug-likeness (QED) is 0.868. The van der Waals surface area contributed by atoms with E-state index in [9.17, 15) is 8.42 Å². The Balaban J connectivity index is 3.10. The SMILES string of the molecule is CN(CC(C)(C)CN)S(=O)(=O)c1ccc(Cl)cc1Br. The molecule has 0 aromatic heterocycles. The molecule has 1 rings (SSSR count). The molecule has 4 nitrogen and oxygen atoms in total. The molecule has 0 radical (unpaired) electrons. The molecular weight excluding hydrogens is 352 g/mol. The van der Waals surface area contributed by atoms with Gasteiger partial charge in [0.1, 0.15) is 0 Å². The summed E-state index contributed by atoms with van der Waals surface area (Å²) < 4.78 is 26.7. The smallest absolute Gasteiger partial charge is 0.243 e. The number of hydrogen-bond acceptors (Lipinski definition) is 3. The van der Waals surface area contributed by atoms with Gasteiger partial charge in [-0.2, -0.15) is 0 Å². The van der Waals surface area contributed by atoms with Crippen molar-refractivity contribution in [3.8, 4) is 0 Å². The highest BCUT2D eigenvalue weighted by Crippen LogP contribution is 2.28. The van der Waals surface area contributed by atoms with Crippen LogP contribution in [0.3, 0.4) is 0 Å². The van der Waals surface area contributed by atoms with Crippen molar-refractivity contribution in [3.05, 3.63) is 27.7 Å². The second kappa shape index (κ2) is 6.10. The second-order valence-corrected chi connectivity index (χ2v) is 8.51. The van der Waals surface area contributed by atoms with Crippen LogP contribution in [0.4, 0.5) is 0 Å². The predicted octanol–water partition coefficient (Wildman–Crippen LogP) is 2.71. The highest BCUT2D eigenvalue weighted by Gasteiger charge is 2.28. The minimum atomic E-state index is -3.56. The Hall–Kier alpha value is -0.140. The van der Waals surface area contributed by atoms with Gasteiger partial charge in [-0.05, 0) is 46.1 Å². The lowest BCUT2D eigenvalue weighted by Crippen LogP contribution is -2.39. The molecule has 0 atom stereocenters. The van der Waals surface area contributed by atoms with Crippen LogP contribution in [0.1, 0.15) is 13.8 Å². The predicted molar refractivity (Wildman–Crippen MR) is 81.8 cm³/mol. The van der Waals surface area contributed by atoms with Gasteiger partial charge in [0.05, 0.1) is 4.90 Å². The van der Waals surface area contributed by atoms with Gasteiger partial charge in [-0.25, -0.2) is 12.7 Å². The molecular formula is C12H18BrClN2O2S. The molecule has 0 aliphatic carbocycles. The summed E-state index contributed by atoms with van der Waals surface area (Å²) >= 11 is 9.05. The molecule has 1 aromatic carbocycles. The van der Waals surface area contributed by atoms with Crippen LogP contribution in [0.25, 0.3) is 0 Å². The van der Waals surface area contributed by atoms with Crippen LogP contribution in [-0.2, 0) is 10.0 Å². The molecule has 0 aliphatic heterocycles. The van der Waals surface area contributed by atoms with E-state index in [2.05, 4.69) is 15.9 Å². The van der Waals surface area contributed by atoms with Gasteiger partial charge in [0.2, 0.25) is 10.0 Å². The monoisotopic (exact) mass is 368 g/mol. The third-order valence-electron chi connectivity index (χ3n) is 2.79. The van der Waals surface area contributed by atoms with Gasteiger partial charge < -0.3 is 5.73 Å². The van der Waals surface area contributed by atoms with Gasteiger partial charge in [-0.3, -0.25) is 0 Å². The Bertz CT molecular complexity index is 561. The Kier molecular flexibility index (Phi) is 5.43. The maximum Gasteiger partial charge on any atom is 0.243 e. The molecule has 0 amide bonds. The Morgan fingerprint density at radius 1 is 1.42 bits per heavy atom. The Labute approximate surface area is 128 Å². The Morgan fingerprint density at radius 3 is 2.47 bits per heavy atom. The maximum absolute atomic E-state index is 12.5. The average molecular weight is 370 g/mol. The maximum atomic E-state index is 12.5. The van der Waals surface area contributed by atoms with E-state index >= 15 is 0 Å². The van der Waals surface area contributed by atoms with Gasteiger partial charge in [0.15, 0.2) is 0 Å². The minimum Gasteiger partial charge on any atom is -0.330 e. The third kappa shape index (κ3) is 4.16. The summed E-state index contributed by atoms with van der Waals surface area (Å²) in [6.07, 6.45) is 0. The van der Waals surface area contributed by atoms with E-state index < -0.39 is 10.0 Å². The summed E-state index contributed by atoms with van der Waals surface area (Å²) in [7, 11) is -2.01. The van der Waals surface area contributed by atoms with E-state index in [4.69, 9.17) is 17.3 Å². The van der Waals surface area contributed by atoms with Crippen molar-refractivity contribution >= 4 is 37.6 Å². The standard InChI is InChI=1S/C12H18BrClN2O2S/c1-12(2,7-15)8-16(3)19(17,18)11-5-4-9(14)6-10(11)13/h4-6H,7-8,15H2,1-3H3. The molecule has 0 unspecified atom stereocenters. The van der Waals surface area contributed by atoms with Crippen molar-refractivity contribution in [2.45, 2.75) is 18.7 Å². The number of sulfonamides is 1. The van der Waals surface area contributed by atoms with Crippen LogP contribution in [0.15, 0.2) is 27.6 Å². The molecule has 1 aromatic rings. The highest BCUT2D eigenvalue weighted by atomic mass is 79.9. The topological polar surface area (TPSA) is 63.4 Å². The first-order chi connectivity index (χ1) is 8.60. The molecule has 0 bridgehead atoms. The summed E-state index contributed by atoms with van der Waals surface area (Å²) in [5.41, 5.74) is 5.36. The van der Waals surface area contributed by atoms with Crippen molar-refractivity contribution in [1.29, 1.82) is 0 Å². The van der Waals surface area contributed by atoms with Crippen LogP contribution >= 0.6 is 27.5 Å². The van der Waals surface area contributed by atoms with Crippen molar-refractivity contribution in [2.24, 2.45) is 11.1 Å². The first kappa shape index (κ1) is 16.9. The van der Waals surface area contributed by atoms with Crippen LogP contribution in [-0.4, -0.2) is 32.9 Å². The first-order valence-electron chi connectivity index (χ1n) is 5.71. The van der Waals surface area contributed by atoms with Gasteiger partial charge in [-0.15, -0.1) is 0 Å². The number of nitrogens with zero attached hydrogens (tertiary/aromatic N) is 1. The zero-order valence-electron chi connectivity index (χ0n) is 11.2. The highest BCUT2D eigenvalue weighted by molar-refractivity contribution is 9.10. The van der Waals surface area contributed by atoms with Gasteiger partial charge in [0.25, 0.3) is 0 Å². The fraction of sp³-hybridized carbons (Fsp3) is 0.500. The fourth-order valence-electron chi connectivity index (χ4n) is 1.60. The van der Waals surface area contributed by atoms with Crippen molar-refractivity contribution < 1.29 is 8.42 Å². The van der Waals surface area contributed by atoms with Crippen LogP contribution < -0.4 is 5.73 Å². The summed E-state index contributed by atoms with van der Waals surface area (Å²) in [6, 6.07) is 4.62. The molecule has 0 heterocycles. The second-order valence-electron chi connectivity index (χ2n) is 5.20. The molecule has 2 N–H and O–H groups in total. The molecule has 0 fully saturated rings. The molecule has 108 valence electrons. The summed E-state index contributed by atoms with van der Waals surface area (Å²) in [6.45, 7) is 4.61. The van der Waals surface area contributed by atoms with Crippen LogP contribution in [0, 0.1) is 5.41 Å². The molecule has 0 aliphatic rings. The summed E-state index contributed by atoms with van der Waals surface area (Å²) in [5, 5.41) is 0.482. The average Bonchev–Trinajstić information content (AvgIpc) is 2.27. The van der Waals surface area contributed by atoms with Gasteiger partial charge in [-0.1, -0.05) is 25.4 Å². The summed E-state index contributed by atoms with van der Waals surface area (Å²) in [4.78, 5) is 0.201. The number of rotatable bonds is 5. The lowest BCUT2D eigenvalue weighted by molar-refractivity contribution is 0.292. The lowest BCUT2D eigenvalue weighted by Gasteiger charge is -2.28. The largest absolute Gasteiger partial charge is 0.330 e. The molecule has 0 saturated carbocycles. The van der Waals surface area contributed by atoms with Crippen molar-refractivity contribution in [3.63, 3.8) is 0 Å². The van der Waals surface area contributed by atoms with E-state index in [1.807, 2.05) is 13.8 Å². The van der Waals surface area contributed by atoms with Crippen LogP contribution in [0.5, 0.6) is 0 Å². The zero-order valence-corrected chi connectivity index (χ0v) is 14.3. The number of benzene rings is 1. The van der Waals surface area contributed by atoms with Crippen LogP contribution in [0.2, 0.25) is 5.02 Å². The van der Waals surface area contributed by atoms with E-state index in [1.165, 1.54) is 10.4 Å². The van der Waals surface area contributed by atoms with E-state index in [0.29, 0.717) is 22.6 Å². The summed E-state index contributed by atoms with van der Waals surface area (Å²) in [5.74, 6) is 0. The van der Waals surface area contributed by atoms with E-state index in [-0.39, 0.29) is 10.3 Å². The third-order valence-corrected chi connectivity index (χ3v) is 5.80. The molecule has 7 heteroatoms. The van der Waals surface area contributed by atoms with Gasteiger partial charge in [0, 0.05) is 23.1 Å². The lowest BCUT2D eigenvalue weighted by atomic mass is 9.94. The van der Waals surface area contributed by atoms with E-state index in [0.717, 1.165) is 0 Å². The molecule has 0 spiro atoms. The molecule has 0 saturated heterocycles. The number of nitrogens with two attached hydrogens (primary N) is 1. The number of hydrogen-bond donors (Lipinski definition) is 1. The number of halogens is 2. The van der Waals surface area contributed by atoms with Gasteiger partial charge >= 0.3 is 0 Å². The zero-order chi connectivity index (χ0) is 14.8. The van der Waals surface area contributed by atoms with Crippen molar-refractivity contribution in [2.75, 3.05) is 20.1 Å². The first-order valence-corrected chi connectivity index (χ1v) is 8.33. The normalized spacial score (nSPS) is 13.0. The van der Waals surface area contributed by atoms with E-state index in [1.54, 1.807) is 19.2 Å². The fourth-order valence-corrected chi connectivity index (χ4v) is 4.30. The Morgan fingerprint density at radius 2 is 2.00 bits per heavy atom. The molecule has 19 heavy (non-hydrogen) atoms.